The van der Waals surface area contributed by atoms with E-state index in [-0.39, 0.29) is 18.9 Å². The number of nitrogens with zero attached hydrogens (tertiary/aromatic N) is 1. The summed E-state index contributed by atoms with van der Waals surface area (Å²) < 4.78 is 5.21. The Labute approximate surface area is 118 Å². The molecule has 1 fully saturated rings. The minimum atomic E-state index is -1.08. The van der Waals surface area contributed by atoms with Gasteiger partial charge in [0, 0.05) is 13.6 Å². The number of aliphatic carboxylic acids is 1. The number of piperidine rings is 1. The zero-order valence-electron chi connectivity index (χ0n) is 12.3. The van der Waals surface area contributed by atoms with Gasteiger partial charge in [-0.1, -0.05) is 0 Å². The highest BCUT2D eigenvalue weighted by atomic mass is 16.6. The number of nitrogens with one attached hydrogen (secondary N) is 1. The summed E-state index contributed by atoms with van der Waals surface area (Å²) in [5.74, 6) is -1.67. The zero-order chi connectivity index (χ0) is 15.5. The Morgan fingerprint density at radius 2 is 1.85 bits per heavy atom. The molecule has 0 radical (unpaired) electrons. The van der Waals surface area contributed by atoms with Gasteiger partial charge in [0.1, 0.15) is 11.6 Å². The molecule has 0 spiro atoms. The van der Waals surface area contributed by atoms with Gasteiger partial charge in [-0.2, -0.15) is 0 Å². The second-order valence-electron chi connectivity index (χ2n) is 5.88. The van der Waals surface area contributed by atoms with Crippen LogP contribution in [0.5, 0.6) is 0 Å². The minimum absolute atomic E-state index is 0.0611. The van der Waals surface area contributed by atoms with E-state index in [2.05, 4.69) is 5.32 Å². The van der Waals surface area contributed by atoms with Crippen LogP contribution in [-0.2, 0) is 14.3 Å². The van der Waals surface area contributed by atoms with Crippen LogP contribution in [0.2, 0.25) is 0 Å². The monoisotopic (exact) mass is 286 g/mol. The highest BCUT2D eigenvalue weighted by Gasteiger charge is 2.39. The smallest absolute Gasteiger partial charge is 0.411 e. The molecule has 1 saturated heterocycles. The van der Waals surface area contributed by atoms with Gasteiger partial charge in [-0.25, -0.2) is 9.59 Å². The molecule has 0 aromatic heterocycles. The summed E-state index contributed by atoms with van der Waals surface area (Å²) in [4.78, 5) is 36.1. The average molecular weight is 286 g/mol. The van der Waals surface area contributed by atoms with Crippen molar-refractivity contribution in [1.82, 2.24) is 10.2 Å². The second-order valence-corrected chi connectivity index (χ2v) is 5.88. The lowest BCUT2D eigenvalue weighted by molar-refractivity contribution is -0.146. The van der Waals surface area contributed by atoms with Gasteiger partial charge in [-0.05, 0) is 33.6 Å². The maximum absolute atomic E-state index is 12.1. The number of carboxylic acids is 1. The predicted octanol–water partition coefficient (Wildman–Crippen LogP) is 0.833. The Bertz CT molecular complexity index is 402. The van der Waals surface area contributed by atoms with Crippen molar-refractivity contribution in [1.29, 1.82) is 0 Å². The van der Waals surface area contributed by atoms with E-state index < -0.39 is 29.6 Å². The molecule has 0 aromatic rings. The lowest BCUT2D eigenvalue weighted by Gasteiger charge is -2.37. The lowest BCUT2D eigenvalue weighted by atomic mass is 9.92. The topological polar surface area (TPSA) is 95.9 Å². The number of carbonyl (C=O) groups excluding carboxylic acids is 2. The third-order valence-corrected chi connectivity index (χ3v) is 3.11. The van der Waals surface area contributed by atoms with Crippen molar-refractivity contribution in [3.8, 4) is 0 Å². The number of ether oxygens (including phenoxy) is 1. The number of rotatable bonds is 2. The van der Waals surface area contributed by atoms with E-state index in [0.717, 1.165) is 4.90 Å². The molecule has 1 heterocycles. The molecular formula is C13H22N2O5. The van der Waals surface area contributed by atoms with E-state index >= 15 is 0 Å². The molecule has 7 nitrogen and oxygen atoms in total. The number of hydrogen-bond donors (Lipinski definition) is 2. The van der Waals surface area contributed by atoms with Crippen LogP contribution in [0.3, 0.4) is 0 Å². The molecule has 0 bridgehead atoms. The van der Waals surface area contributed by atoms with Gasteiger partial charge in [-0.15, -0.1) is 0 Å². The van der Waals surface area contributed by atoms with Crippen molar-refractivity contribution in [3.63, 3.8) is 0 Å². The molecule has 7 heteroatoms. The Hall–Kier alpha value is -1.79. The predicted molar refractivity (Wildman–Crippen MR) is 71.2 cm³/mol. The van der Waals surface area contributed by atoms with Crippen LogP contribution >= 0.6 is 0 Å². The Morgan fingerprint density at radius 1 is 1.25 bits per heavy atom. The fourth-order valence-electron chi connectivity index (χ4n) is 2.17. The molecule has 2 N–H and O–H groups in total. The van der Waals surface area contributed by atoms with Gasteiger partial charge < -0.3 is 15.2 Å². The first-order valence-electron chi connectivity index (χ1n) is 6.59. The molecule has 114 valence electrons. The van der Waals surface area contributed by atoms with Crippen LogP contribution in [0.1, 0.15) is 33.6 Å². The third-order valence-electron chi connectivity index (χ3n) is 3.11. The molecule has 0 saturated carbocycles. The van der Waals surface area contributed by atoms with E-state index in [4.69, 9.17) is 4.74 Å². The van der Waals surface area contributed by atoms with Gasteiger partial charge in [0.2, 0.25) is 5.91 Å². The quantitative estimate of drug-likeness (QED) is 0.784. The Morgan fingerprint density at radius 3 is 2.30 bits per heavy atom. The van der Waals surface area contributed by atoms with E-state index in [0.29, 0.717) is 6.42 Å². The first kappa shape index (κ1) is 16.3. The lowest BCUT2D eigenvalue weighted by Crippen LogP contribution is -2.54. The second kappa shape index (κ2) is 6.11. The van der Waals surface area contributed by atoms with Crippen molar-refractivity contribution < 1.29 is 24.2 Å². The molecular weight excluding hydrogens is 264 g/mol. The molecule has 1 aliphatic heterocycles. The van der Waals surface area contributed by atoms with Crippen LogP contribution in [0.4, 0.5) is 4.79 Å². The van der Waals surface area contributed by atoms with Crippen molar-refractivity contribution in [2.75, 3.05) is 13.6 Å². The van der Waals surface area contributed by atoms with Crippen molar-refractivity contribution in [3.05, 3.63) is 0 Å². The summed E-state index contributed by atoms with van der Waals surface area (Å²) in [7, 11) is 1.52. The largest absolute Gasteiger partial charge is 0.480 e. The summed E-state index contributed by atoms with van der Waals surface area (Å²) in [6.07, 6.45) is -0.0127. The molecule has 0 aliphatic carbocycles. The summed E-state index contributed by atoms with van der Waals surface area (Å²) in [6.45, 7) is 5.19. The van der Waals surface area contributed by atoms with Crippen LogP contribution < -0.4 is 5.32 Å². The molecule has 20 heavy (non-hydrogen) atoms. The average Bonchev–Trinajstić information content (AvgIpc) is 2.34. The number of amides is 2. The van der Waals surface area contributed by atoms with E-state index in [1.165, 1.54) is 7.05 Å². The first-order valence-corrected chi connectivity index (χ1v) is 6.59. The Balaban J connectivity index is 2.86. The van der Waals surface area contributed by atoms with Gasteiger partial charge in [0.15, 0.2) is 0 Å². The molecule has 2 unspecified atom stereocenters. The van der Waals surface area contributed by atoms with E-state index in [9.17, 15) is 19.5 Å². The summed E-state index contributed by atoms with van der Waals surface area (Å²) in [5, 5.41) is 11.7. The van der Waals surface area contributed by atoms with Crippen LogP contribution in [0.15, 0.2) is 0 Å². The molecule has 1 rings (SSSR count). The van der Waals surface area contributed by atoms with E-state index in [1.54, 1.807) is 20.8 Å². The summed E-state index contributed by atoms with van der Waals surface area (Å²) >= 11 is 0. The number of carboxylic acid groups (broad SMARTS) is 1. The van der Waals surface area contributed by atoms with Crippen molar-refractivity contribution in [2.24, 2.45) is 5.92 Å². The van der Waals surface area contributed by atoms with Crippen LogP contribution in [0.25, 0.3) is 0 Å². The van der Waals surface area contributed by atoms with Gasteiger partial charge in [0.05, 0.1) is 5.92 Å². The first-order chi connectivity index (χ1) is 9.15. The van der Waals surface area contributed by atoms with E-state index in [1.807, 2.05) is 0 Å². The Kier molecular flexibility index (Phi) is 4.97. The normalized spacial score (nSPS) is 23.1. The minimum Gasteiger partial charge on any atom is -0.480 e. The highest BCUT2D eigenvalue weighted by Crippen LogP contribution is 2.24. The van der Waals surface area contributed by atoms with Gasteiger partial charge in [-0.3, -0.25) is 9.69 Å². The summed E-state index contributed by atoms with van der Waals surface area (Å²) in [6, 6.07) is -0.939. The maximum Gasteiger partial charge on any atom is 0.411 e. The number of likely N-dealkylation sites (tertiary alicyclic amines) is 1. The highest BCUT2D eigenvalue weighted by molar-refractivity contribution is 5.83. The van der Waals surface area contributed by atoms with Gasteiger partial charge >= 0.3 is 12.1 Å². The van der Waals surface area contributed by atoms with Crippen LogP contribution in [0, 0.1) is 5.92 Å². The molecule has 0 aromatic carbocycles. The SMILES string of the molecule is CNC(=O)C1CCC(C(=O)O)N(C(=O)OC(C)(C)C)C1. The molecule has 2 amide bonds. The van der Waals surface area contributed by atoms with Gasteiger partial charge in [0.25, 0.3) is 0 Å². The maximum atomic E-state index is 12.1. The fourth-order valence-corrected chi connectivity index (χ4v) is 2.17. The van der Waals surface area contributed by atoms with Crippen molar-refractivity contribution >= 4 is 18.0 Å². The third kappa shape index (κ3) is 4.11. The summed E-state index contributed by atoms with van der Waals surface area (Å²) in [5.41, 5.74) is -0.708. The standard InChI is InChI=1S/C13H22N2O5/c1-13(2,3)20-12(19)15-7-8(10(16)14-4)5-6-9(15)11(17)18/h8-9H,5-7H2,1-4H3,(H,14,16)(H,17,18). The number of carbonyl (C=O) groups is 3. The number of hydrogen-bond acceptors (Lipinski definition) is 4. The fraction of sp³-hybridized carbons (Fsp3) is 0.769. The molecule has 2 atom stereocenters. The van der Waals surface area contributed by atoms with Crippen molar-refractivity contribution in [2.45, 2.75) is 45.3 Å². The molecule has 1 aliphatic rings. The zero-order valence-corrected chi connectivity index (χ0v) is 12.3. The van der Waals surface area contributed by atoms with Crippen LogP contribution in [-0.4, -0.2) is 53.2 Å².